The molecule has 0 bridgehead atoms. The normalized spacial score (nSPS) is 12.4. The molecular weight excluding hydrogens is 162 g/mol. The first-order valence-electron chi connectivity index (χ1n) is 4.43. The number of hydrogen-bond acceptors (Lipinski definition) is 2. The molecule has 0 aromatic carbocycles. The number of nitrogens with zero attached hydrogens (tertiary/aromatic N) is 2. The first-order valence-corrected chi connectivity index (χ1v) is 4.43. The van der Waals surface area contributed by atoms with Crippen LogP contribution in [0.4, 0.5) is 0 Å². The van der Waals surface area contributed by atoms with E-state index in [-0.39, 0.29) is 6.04 Å². The summed E-state index contributed by atoms with van der Waals surface area (Å²) < 4.78 is 1.79. The maximum absolute atomic E-state index is 5.32. The molecule has 1 N–H and O–H groups in total. The van der Waals surface area contributed by atoms with Crippen LogP contribution in [0, 0.1) is 12.3 Å². The van der Waals surface area contributed by atoms with Gasteiger partial charge in [0.15, 0.2) is 0 Å². The summed E-state index contributed by atoms with van der Waals surface area (Å²) in [6, 6.07) is 0.167. The van der Waals surface area contributed by atoms with E-state index >= 15 is 0 Å². The van der Waals surface area contributed by atoms with Crippen LogP contribution in [0.5, 0.6) is 0 Å². The van der Waals surface area contributed by atoms with Gasteiger partial charge >= 0.3 is 0 Å². The fourth-order valence-corrected chi connectivity index (χ4v) is 1.13. The monoisotopic (exact) mass is 177 g/mol. The zero-order chi connectivity index (χ0) is 9.68. The van der Waals surface area contributed by atoms with Crippen molar-refractivity contribution in [3.05, 3.63) is 18.0 Å². The lowest BCUT2D eigenvalue weighted by atomic mass is 10.2. The Labute approximate surface area is 79.1 Å². The number of terminal acetylenes is 1. The lowest BCUT2D eigenvalue weighted by molar-refractivity contribution is 0.592. The van der Waals surface area contributed by atoms with E-state index in [2.05, 4.69) is 23.3 Å². The molecule has 13 heavy (non-hydrogen) atoms. The SMILES string of the molecule is C#CC(CC)NCc1cnn(C)c1. The predicted molar refractivity (Wildman–Crippen MR) is 53.0 cm³/mol. The molecule has 0 aliphatic rings. The Bertz CT molecular complexity index is 295. The van der Waals surface area contributed by atoms with E-state index in [9.17, 15) is 0 Å². The van der Waals surface area contributed by atoms with Crippen molar-refractivity contribution >= 4 is 0 Å². The van der Waals surface area contributed by atoms with Crippen LogP contribution in [0.1, 0.15) is 18.9 Å². The van der Waals surface area contributed by atoms with Gasteiger partial charge in [0.1, 0.15) is 0 Å². The van der Waals surface area contributed by atoms with E-state index in [1.807, 2.05) is 19.4 Å². The predicted octanol–water partition coefficient (Wildman–Crippen LogP) is 0.921. The number of aryl methyl sites for hydroxylation is 1. The van der Waals surface area contributed by atoms with Gasteiger partial charge < -0.3 is 0 Å². The second kappa shape index (κ2) is 4.68. The van der Waals surface area contributed by atoms with Crippen molar-refractivity contribution in [2.45, 2.75) is 25.9 Å². The molecule has 0 aliphatic heterocycles. The van der Waals surface area contributed by atoms with Gasteiger partial charge in [-0.05, 0) is 6.42 Å². The van der Waals surface area contributed by atoms with Crippen LogP contribution in [0.2, 0.25) is 0 Å². The minimum Gasteiger partial charge on any atom is -0.299 e. The Hall–Kier alpha value is -1.27. The molecule has 1 aromatic rings. The summed E-state index contributed by atoms with van der Waals surface area (Å²) >= 11 is 0. The fourth-order valence-electron chi connectivity index (χ4n) is 1.13. The van der Waals surface area contributed by atoms with Crippen molar-refractivity contribution < 1.29 is 0 Å². The van der Waals surface area contributed by atoms with Crippen LogP contribution in [0.3, 0.4) is 0 Å². The van der Waals surface area contributed by atoms with E-state index < -0.39 is 0 Å². The molecule has 3 nitrogen and oxygen atoms in total. The van der Waals surface area contributed by atoms with Gasteiger partial charge in [-0.15, -0.1) is 6.42 Å². The number of rotatable bonds is 4. The van der Waals surface area contributed by atoms with Gasteiger partial charge in [0.25, 0.3) is 0 Å². The van der Waals surface area contributed by atoms with Crippen molar-refractivity contribution in [2.75, 3.05) is 0 Å². The molecule has 0 fully saturated rings. The van der Waals surface area contributed by atoms with Crippen LogP contribution >= 0.6 is 0 Å². The molecule has 1 aromatic heterocycles. The quantitative estimate of drug-likeness (QED) is 0.693. The lowest BCUT2D eigenvalue weighted by Crippen LogP contribution is -2.25. The van der Waals surface area contributed by atoms with Crippen LogP contribution in [-0.4, -0.2) is 15.8 Å². The van der Waals surface area contributed by atoms with E-state index in [0.717, 1.165) is 18.5 Å². The zero-order valence-corrected chi connectivity index (χ0v) is 8.12. The Morgan fingerprint density at radius 3 is 3.00 bits per heavy atom. The zero-order valence-electron chi connectivity index (χ0n) is 8.12. The molecule has 1 unspecified atom stereocenters. The molecule has 1 heterocycles. The van der Waals surface area contributed by atoms with E-state index in [4.69, 9.17) is 6.42 Å². The summed E-state index contributed by atoms with van der Waals surface area (Å²) in [6.07, 6.45) is 10.1. The number of nitrogens with one attached hydrogen (secondary N) is 1. The van der Waals surface area contributed by atoms with Gasteiger partial charge in [-0.1, -0.05) is 12.8 Å². The first-order chi connectivity index (χ1) is 6.26. The van der Waals surface area contributed by atoms with E-state index in [0.29, 0.717) is 0 Å². The summed E-state index contributed by atoms with van der Waals surface area (Å²) in [5, 5.41) is 7.33. The third kappa shape index (κ3) is 2.92. The molecule has 0 spiro atoms. The van der Waals surface area contributed by atoms with Gasteiger partial charge in [-0.3, -0.25) is 10.00 Å². The van der Waals surface area contributed by atoms with Gasteiger partial charge in [-0.2, -0.15) is 5.10 Å². The summed E-state index contributed by atoms with van der Waals surface area (Å²) in [7, 11) is 1.90. The highest BCUT2D eigenvalue weighted by atomic mass is 15.2. The summed E-state index contributed by atoms with van der Waals surface area (Å²) in [5.74, 6) is 2.69. The van der Waals surface area contributed by atoms with Gasteiger partial charge in [0, 0.05) is 25.4 Å². The molecule has 1 rings (SSSR count). The van der Waals surface area contributed by atoms with Crippen molar-refractivity contribution in [1.29, 1.82) is 0 Å². The average molecular weight is 177 g/mol. The second-order valence-corrected chi connectivity index (χ2v) is 3.03. The molecule has 1 atom stereocenters. The van der Waals surface area contributed by atoms with Gasteiger partial charge in [-0.25, -0.2) is 0 Å². The molecule has 3 heteroatoms. The minimum atomic E-state index is 0.167. The molecule has 0 amide bonds. The number of aromatic nitrogens is 2. The molecule has 70 valence electrons. The van der Waals surface area contributed by atoms with Crippen LogP contribution in [0.25, 0.3) is 0 Å². The smallest absolute Gasteiger partial charge is 0.0686 e. The third-order valence-corrected chi connectivity index (χ3v) is 1.92. The van der Waals surface area contributed by atoms with Gasteiger partial charge in [0.05, 0.1) is 12.2 Å². The van der Waals surface area contributed by atoms with Crippen LogP contribution in [-0.2, 0) is 13.6 Å². The maximum Gasteiger partial charge on any atom is 0.0686 e. The Kier molecular flexibility index (Phi) is 3.53. The maximum atomic E-state index is 5.32. The van der Waals surface area contributed by atoms with Crippen LogP contribution in [0.15, 0.2) is 12.4 Å². The molecule has 0 saturated heterocycles. The fraction of sp³-hybridized carbons (Fsp3) is 0.500. The molecule has 0 aliphatic carbocycles. The Morgan fingerprint density at radius 2 is 2.54 bits per heavy atom. The molecule has 0 saturated carbocycles. The standard InChI is InChI=1S/C10H15N3/c1-4-10(5-2)11-6-9-7-12-13(3)8-9/h1,7-8,10-11H,5-6H2,2-3H3. The largest absolute Gasteiger partial charge is 0.299 e. The Morgan fingerprint density at radius 1 is 1.77 bits per heavy atom. The van der Waals surface area contributed by atoms with Gasteiger partial charge in [0.2, 0.25) is 0 Å². The summed E-state index contributed by atoms with van der Waals surface area (Å²) in [4.78, 5) is 0. The minimum absolute atomic E-state index is 0.167. The van der Waals surface area contributed by atoms with Crippen molar-refractivity contribution in [1.82, 2.24) is 15.1 Å². The van der Waals surface area contributed by atoms with E-state index in [1.54, 1.807) is 4.68 Å². The highest BCUT2D eigenvalue weighted by Crippen LogP contribution is 1.97. The summed E-state index contributed by atoms with van der Waals surface area (Å²) in [6.45, 7) is 2.86. The highest BCUT2D eigenvalue weighted by molar-refractivity contribution is 5.05. The van der Waals surface area contributed by atoms with Crippen LogP contribution < -0.4 is 5.32 Å². The van der Waals surface area contributed by atoms with Crippen molar-refractivity contribution in [3.63, 3.8) is 0 Å². The molecule has 0 radical (unpaired) electrons. The Balaban J connectivity index is 2.39. The van der Waals surface area contributed by atoms with Crippen molar-refractivity contribution in [2.24, 2.45) is 7.05 Å². The van der Waals surface area contributed by atoms with E-state index in [1.165, 1.54) is 0 Å². The highest BCUT2D eigenvalue weighted by Gasteiger charge is 2.01. The number of hydrogen-bond donors (Lipinski definition) is 1. The average Bonchev–Trinajstić information content (AvgIpc) is 2.53. The molecular formula is C10H15N3. The first kappa shape index (κ1) is 9.82. The lowest BCUT2D eigenvalue weighted by Gasteiger charge is -2.08. The third-order valence-electron chi connectivity index (χ3n) is 1.92. The summed E-state index contributed by atoms with van der Waals surface area (Å²) in [5.41, 5.74) is 1.16. The van der Waals surface area contributed by atoms with Crippen molar-refractivity contribution in [3.8, 4) is 12.3 Å². The second-order valence-electron chi connectivity index (χ2n) is 3.03. The topological polar surface area (TPSA) is 29.9 Å².